The zero-order valence-corrected chi connectivity index (χ0v) is 9.93. The number of nitrogens with two attached hydrogens (primary N) is 1. The number of hydrogen-bond acceptors (Lipinski definition) is 4. The van der Waals surface area contributed by atoms with Gasteiger partial charge in [-0.25, -0.2) is 13.8 Å². The highest BCUT2D eigenvalue weighted by atomic mass is 32.2. The Kier molecular flexibility index (Phi) is 3.61. The molecule has 0 spiro atoms. The molecule has 1 aromatic heterocycles. The Hall–Kier alpha value is -1.89. The minimum Gasteiger partial charge on any atom is -0.383 e. The molecular formula is C11H9F2N3OS. The van der Waals surface area contributed by atoms with Gasteiger partial charge in [0.15, 0.2) is 5.16 Å². The average Bonchev–Trinajstić information content (AvgIpc) is 2.29. The number of aromatic amines is 1. The smallest absolute Gasteiger partial charge is 0.253 e. The van der Waals surface area contributed by atoms with E-state index in [-0.39, 0.29) is 27.8 Å². The minimum atomic E-state index is -0.513. The van der Waals surface area contributed by atoms with E-state index in [0.29, 0.717) is 0 Å². The van der Waals surface area contributed by atoms with E-state index in [2.05, 4.69) is 9.97 Å². The van der Waals surface area contributed by atoms with Gasteiger partial charge < -0.3 is 10.7 Å². The molecule has 0 saturated heterocycles. The molecule has 0 fully saturated rings. The minimum absolute atomic E-state index is 0.0842. The molecule has 1 heterocycles. The predicted octanol–water partition coefficient (Wildman–Crippen LogP) is 1.92. The van der Waals surface area contributed by atoms with E-state index in [0.717, 1.165) is 36.0 Å². The van der Waals surface area contributed by atoms with Crippen molar-refractivity contribution in [1.82, 2.24) is 9.97 Å². The first-order chi connectivity index (χ1) is 8.54. The average molecular weight is 269 g/mol. The van der Waals surface area contributed by atoms with E-state index >= 15 is 0 Å². The maximum absolute atomic E-state index is 13.3. The first-order valence-electron chi connectivity index (χ1n) is 4.98. The molecular weight excluding hydrogens is 260 g/mol. The van der Waals surface area contributed by atoms with Crippen molar-refractivity contribution in [2.45, 2.75) is 10.9 Å². The molecule has 2 rings (SSSR count). The Morgan fingerprint density at radius 2 is 2.11 bits per heavy atom. The Bertz CT molecular complexity index is 630. The van der Waals surface area contributed by atoms with Crippen molar-refractivity contribution in [1.29, 1.82) is 0 Å². The maximum Gasteiger partial charge on any atom is 0.253 e. The summed E-state index contributed by atoms with van der Waals surface area (Å²) in [6.45, 7) is 0. The summed E-state index contributed by atoms with van der Waals surface area (Å²) < 4.78 is 26.3. The maximum atomic E-state index is 13.3. The molecule has 2 aromatic rings. The lowest BCUT2D eigenvalue weighted by atomic mass is 10.2. The topological polar surface area (TPSA) is 71.8 Å². The summed E-state index contributed by atoms with van der Waals surface area (Å²) in [4.78, 5) is 17.4. The number of halogens is 2. The Morgan fingerprint density at radius 3 is 2.83 bits per heavy atom. The normalized spacial score (nSPS) is 10.6. The number of thioether (sulfide) groups is 1. The van der Waals surface area contributed by atoms with Crippen LogP contribution in [-0.4, -0.2) is 9.97 Å². The Balaban J connectivity index is 2.16. The quantitative estimate of drug-likeness (QED) is 0.659. The van der Waals surface area contributed by atoms with Crippen molar-refractivity contribution >= 4 is 17.6 Å². The molecule has 0 radical (unpaired) electrons. The van der Waals surface area contributed by atoms with Crippen LogP contribution in [0.15, 0.2) is 34.2 Å². The SMILES string of the molecule is Nc1cc(=O)[nH]c(SCc2cc(F)ccc2F)n1. The molecule has 1 aromatic carbocycles. The number of H-pyrrole nitrogens is 1. The van der Waals surface area contributed by atoms with Gasteiger partial charge in [-0.15, -0.1) is 0 Å². The van der Waals surface area contributed by atoms with E-state index in [9.17, 15) is 13.6 Å². The van der Waals surface area contributed by atoms with Gasteiger partial charge in [0, 0.05) is 17.4 Å². The summed E-state index contributed by atoms with van der Waals surface area (Å²) in [5, 5.41) is 0.267. The van der Waals surface area contributed by atoms with Gasteiger partial charge >= 0.3 is 0 Å². The van der Waals surface area contributed by atoms with Gasteiger partial charge in [0.25, 0.3) is 5.56 Å². The van der Waals surface area contributed by atoms with Crippen LogP contribution in [0.25, 0.3) is 0 Å². The second kappa shape index (κ2) is 5.18. The number of aromatic nitrogens is 2. The van der Waals surface area contributed by atoms with Crippen LogP contribution < -0.4 is 11.3 Å². The third-order valence-corrected chi connectivity index (χ3v) is 3.03. The molecule has 7 heteroatoms. The summed E-state index contributed by atoms with van der Waals surface area (Å²) >= 11 is 1.07. The van der Waals surface area contributed by atoms with Crippen LogP contribution in [0.3, 0.4) is 0 Å². The van der Waals surface area contributed by atoms with Crippen LogP contribution in [0.4, 0.5) is 14.6 Å². The van der Waals surface area contributed by atoms with Gasteiger partial charge in [-0.05, 0) is 18.2 Å². The standard InChI is InChI=1S/C11H9F2N3OS/c12-7-1-2-8(13)6(3-7)5-18-11-15-9(14)4-10(17)16-11/h1-4H,5H2,(H3,14,15,16,17). The van der Waals surface area contributed by atoms with Crippen LogP contribution in [0.5, 0.6) is 0 Å². The van der Waals surface area contributed by atoms with E-state index < -0.39 is 11.6 Å². The molecule has 0 aliphatic rings. The zero-order chi connectivity index (χ0) is 13.1. The number of hydrogen-bond donors (Lipinski definition) is 2. The lowest BCUT2D eigenvalue weighted by molar-refractivity contribution is 0.591. The fraction of sp³-hybridized carbons (Fsp3) is 0.0909. The monoisotopic (exact) mass is 269 g/mol. The van der Waals surface area contributed by atoms with E-state index in [4.69, 9.17) is 5.73 Å². The predicted molar refractivity (Wildman–Crippen MR) is 65.2 cm³/mol. The summed E-state index contributed by atoms with van der Waals surface area (Å²) in [5.74, 6) is -0.784. The molecule has 0 amide bonds. The van der Waals surface area contributed by atoms with Crippen molar-refractivity contribution in [3.8, 4) is 0 Å². The van der Waals surface area contributed by atoms with Crippen LogP contribution in [0.2, 0.25) is 0 Å². The number of nitrogens with zero attached hydrogens (tertiary/aromatic N) is 1. The van der Waals surface area contributed by atoms with E-state index in [1.165, 1.54) is 0 Å². The number of nitrogens with one attached hydrogen (secondary N) is 1. The molecule has 0 saturated carbocycles. The van der Waals surface area contributed by atoms with E-state index in [1.807, 2.05) is 0 Å². The van der Waals surface area contributed by atoms with Crippen molar-refractivity contribution in [3.63, 3.8) is 0 Å². The van der Waals surface area contributed by atoms with Gasteiger partial charge in [-0.1, -0.05) is 11.8 Å². The molecule has 0 bridgehead atoms. The van der Waals surface area contributed by atoms with E-state index in [1.54, 1.807) is 0 Å². The first kappa shape index (κ1) is 12.6. The lowest BCUT2D eigenvalue weighted by Gasteiger charge is -2.03. The van der Waals surface area contributed by atoms with Crippen LogP contribution in [0.1, 0.15) is 5.56 Å². The third kappa shape index (κ3) is 3.07. The number of nitrogen functional groups attached to an aromatic ring is 1. The van der Waals surface area contributed by atoms with Crippen molar-refractivity contribution in [3.05, 3.63) is 51.8 Å². The second-order valence-corrected chi connectivity index (χ2v) is 4.46. The number of anilines is 1. The third-order valence-electron chi connectivity index (χ3n) is 2.11. The Morgan fingerprint density at radius 1 is 1.33 bits per heavy atom. The number of rotatable bonds is 3. The highest BCUT2D eigenvalue weighted by molar-refractivity contribution is 7.98. The summed E-state index contributed by atoms with van der Waals surface area (Å²) in [6.07, 6.45) is 0. The van der Waals surface area contributed by atoms with Gasteiger partial charge in [0.1, 0.15) is 17.5 Å². The first-order valence-corrected chi connectivity index (χ1v) is 5.97. The van der Waals surface area contributed by atoms with Crippen LogP contribution >= 0.6 is 11.8 Å². The highest BCUT2D eigenvalue weighted by Gasteiger charge is 2.06. The fourth-order valence-electron chi connectivity index (χ4n) is 1.32. The van der Waals surface area contributed by atoms with Crippen molar-refractivity contribution < 1.29 is 8.78 Å². The molecule has 18 heavy (non-hydrogen) atoms. The lowest BCUT2D eigenvalue weighted by Crippen LogP contribution is -2.09. The zero-order valence-electron chi connectivity index (χ0n) is 9.11. The molecule has 4 nitrogen and oxygen atoms in total. The van der Waals surface area contributed by atoms with Gasteiger partial charge in [-0.3, -0.25) is 4.79 Å². The van der Waals surface area contributed by atoms with Gasteiger partial charge in [0.2, 0.25) is 0 Å². The van der Waals surface area contributed by atoms with Gasteiger partial charge in [0.05, 0.1) is 0 Å². The molecule has 0 unspecified atom stereocenters. The van der Waals surface area contributed by atoms with Crippen LogP contribution in [-0.2, 0) is 5.75 Å². The van der Waals surface area contributed by atoms with Gasteiger partial charge in [-0.2, -0.15) is 0 Å². The largest absolute Gasteiger partial charge is 0.383 e. The van der Waals surface area contributed by atoms with Crippen LogP contribution in [0, 0.1) is 11.6 Å². The summed E-state index contributed by atoms with van der Waals surface area (Å²) in [6, 6.07) is 4.35. The molecule has 0 aliphatic heterocycles. The fourth-order valence-corrected chi connectivity index (χ4v) is 2.18. The Labute approximate surface area is 105 Å². The molecule has 0 atom stereocenters. The van der Waals surface area contributed by atoms with Crippen molar-refractivity contribution in [2.24, 2.45) is 0 Å². The molecule has 94 valence electrons. The summed E-state index contributed by atoms with van der Waals surface area (Å²) in [5.41, 5.74) is 5.22. The second-order valence-electron chi connectivity index (χ2n) is 3.50. The number of benzene rings is 1. The molecule has 0 aliphatic carbocycles. The molecule has 3 N–H and O–H groups in total. The highest BCUT2D eigenvalue weighted by Crippen LogP contribution is 2.21. The van der Waals surface area contributed by atoms with Crippen molar-refractivity contribution in [2.75, 3.05) is 5.73 Å². The summed E-state index contributed by atoms with van der Waals surface area (Å²) in [7, 11) is 0.